The van der Waals surface area contributed by atoms with E-state index < -0.39 is 0 Å². The first kappa shape index (κ1) is 18.3. The predicted molar refractivity (Wildman–Crippen MR) is 110 cm³/mol. The van der Waals surface area contributed by atoms with Gasteiger partial charge in [-0.1, -0.05) is 42.5 Å². The van der Waals surface area contributed by atoms with E-state index in [1.165, 1.54) is 0 Å². The largest absolute Gasteiger partial charge is 0.489 e. The lowest BCUT2D eigenvalue weighted by atomic mass is 10.1. The molecule has 142 valence electrons. The van der Waals surface area contributed by atoms with Crippen LogP contribution >= 0.6 is 0 Å². The molecule has 0 fully saturated rings. The summed E-state index contributed by atoms with van der Waals surface area (Å²) in [5, 5.41) is 9.44. The number of ether oxygens (including phenoxy) is 2. The number of nitriles is 1. The van der Waals surface area contributed by atoms with E-state index in [1.807, 2.05) is 77.5 Å². The van der Waals surface area contributed by atoms with E-state index in [4.69, 9.17) is 9.47 Å². The Balaban J connectivity index is 1.50. The van der Waals surface area contributed by atoms with Gasteiger partial charge in [0.05, 0.1) is 11.9 Å². The highest BCUT2D eigenvalue weighted by molar-refractivity contribution is 5.48. The summed E-state index contributed by atoms with van der Waals surface area (Å²) in [7, 11) is 0. The van der Waals surface area contributed by atoms with E-state index in [1.54, 1.807) is 18.6 Å². The number of aromatic nitrogens is 2. The van der Waals surface area contributed by atoms with Crippen molar-refractivity contribution in [3.05, 3.63) is 108 Å². The molecule has 0 aliphatic heterocycles. The molecule has 5 heteroatoms. The van der Waals surface area contributed by atoms with Crippen molar-refractivity contribution in [3.63, 3.8) is 0 Å². The third-order valence-electron chi connectivity index (χ3n) is 4.37. The molecule has 4 aromatic rings. The molecule has 0 unspecified atom stereocenters. The van der Waals surface area contributed by atoms with Crippen molar-refractivity contribution in [1.82, 2.24) is 9.55 Å². The summed E-state index contributed by atoms with van der Waals surface area (Å²) in [6, 6.07) is 25.2. The van der Waals surface area contributed by atoms with E-state index in [2.05, 4.69) is 11.1 Å². The molecule has 4 rings (SSSR count). The fraction of sp³-hybridized carbons (Fsp3) is 0.0833. The summed E-state index contributed by atoms with van der Waals surface area (Å²) in [5.74, 6) is 1.84. The van der Waals surface area contributed by atoms with Gasteiger partial charge in [-0.05, 0) is 35.4 Å². The lowest BCUT2D eigenvalue weighted by Crippen LogP contribution is -1.98. The van der Waals surface area contributed by atoms with Crippen LogP contribution in [-0.2, 0) is 13.2 Å². The van der Waals surface area contributed by atoms with Gasteiger partial charge in [0.15, 0.2) is 0 Å². The molecule has 5 nitrogen and oxygen atoms in total. The van der Waals surface area contributed by atoms with Gasteiger partial charge in [-0.25, -0.2) is 4.98 Å². The minimum absolute atomic E-state index is 0.480. The molecular formula is C24H19N3O2. The average Bonchev–Trinajstić information content (AvgIpc) is 3.27. The third kappa shape index (κ3) is 4.82. The maximum atomic E-state index is 9.44. The van der Waals surface area contributed by atoms with E-state index >= 15 is 0 Å². The molecule has 29 heavy (non-hydrogen) atoms. The normalized spacial score (nSPS) is 10.3. The molecular weight excluding hydrogens is 362 g/mol. The predicted octanol–water partition coefficient (Wildman–Crippen LogP) is 5.17. The Kier molecular flexibility index (Phi) is 5.54. The van der Waals surface area contributed by atoms with Crippen LogP contribution in [0.25, 0.3) is 0 Å². The minimum Gasteiger partial charge on any atom is -0.489 e. The maximum Gasteiger partial charge on any atom is 0.145 e. The van der Waals surface area contributed by atoms with Gasteiger partial charge in [0.25, 0.3) is 0 Å². The van der Waals surface area contributed by atoms with Crippen LogP contribution in [0.15, 0.2) is 91.5 Å². The lowest BCUT2D eigenvalue weighted by molar-refractivity contribution is 0.304. The fourth-order valence-corrected chi connectivity index (χ4v) is 2.93. The third-order valence-corrected chi connectivity index (χ3v) is 4.37. The molecule has 0 saturated heterocycles. The van der Waals surface area contributed by atoms with E-state index in [9.17, 15) is 5.26 Å². The molecule has 0 atom stereocenters. The van der Waals surface area contributed by atoms with E-state index in [0.717, 1.165) is 11.1 Å². The van der Waals surface area contributed by atoms with Crippen molar-refractivity contribution in [2.45, 2.75) is 13.2 Å². The van der Waals surface area contributed by atoms with E-state index in [-0.39, 0.29) is 0 Å². The van der Waals surface area contributed by atoms with Gasteiger partial charge in [0.1, 0.15) is 29.9 Å². The summed E-state index contributed by atoms with van der Waals surface area (Å²) < 4.78 is 13.9. The van der Waals surface area contributed by atoms with Gasteiger partial charge in [-0.15, -0.1) is 0 Å². The zero-order valence-corrected chi connectivity index (χ0v) is 15.7. The summed E-state index contributed by atoms with van der Waals surface area (Å²) in [6.07, 6.45) is 5.39. The van der Waals surface area contributed by atoms with Crippen LogP contribution in [0.2, 0.25) is 0 Å². The smallest absolute Gasteiger partial charge is 0.145 e. The van der Waals surface area contributed by atoms with Crippen molar-refractivity contribution in [2.75, 3.05) is 0 Å². The highest BCUT2D eigenvalue weighted by Crippen LogP contribution is 2.29. The Bertz CT molecular complexity index is 1120. The number of hydrogen-bond donors (Lipinski definition) is 0. The van der Waals surface area contributed by atoms with Gasteiger partial charge in [-0.2, -0.15) is 5.26 Å². The first-order valence-corrected chi connectivity index (χ1v) is 9.23. The quantitative estimate of drug-likeness (QED) is 0.443. The average molecular weight is 381 g/mol. The standard InChI is InChI=1S/C24H19N3O2/c25-15-21-10-9-20(16-27-12-11-26-18-27)13-24(21)29-23-8-4-7-22(14-23)28-17-19-5-2-1-3-6-19/h1-14,18H,16-17H2. The Labute approximate surface area is 169 Å². The second-order valence-electron chi connectivity index (χ2n) is 6.53. The zero-order valence-electron chi connectivity index (χ0n) is 15.7. The Morgan fingerprint density at radius 2 is 1.76 bits per heavy atom. The van der Waals surface area contributed by atoms with Crippen molar-refractivity contribution in [2.24, 2.45) is 0 Å². The highest BCUT2D eigenvalue weighted by atomic mass is 16.5. The first-order valence-electron chi connectivity index (χ1n) is 9.23. The molecule has 0 spiro atoms. The molecule has 1 aromatic heterocycles. The number of rotatable bonds is 7. The van der Waals surface area contributed by atoms with Crippen LogP contribution in [0.5, 0.6) is 17.2 Å². The van der Waals surface area contributed by atoms with Crippen molar-refractivity contribution in [3.8, 4) is 23.3 Å². The molecule has 0 bridgehead atoms. The van der Waals surface area contributed by atoms with Crippen LogP contribution in [0.1, 0.15) is 16.7 Å². The molecule has 0 aliphatic carbocycles. The first-order chi connectivity index (χ1) is 14.3. The minimum atomic E-state index is 0.480. The van der Waals surface area contributed by atoms with Crippen LogP contribution in [0, 0.1) is 11.3 Å². The van der Waals surface area contributed by atoms with E-state index in [0.29, 0.717) is 36.0 Å². The molecule has 0 aliphatic rings. The van der Waals surface area contributed by atoms with Gasteiger partial charge in [-0.3, -0.25) is 0 Å². The highest BCUT2D eigenvalue weighted by Gasteiger charge is 2.08. The topological polar surface area (TPSA) is 60.1 Å². The van der Waals surface area contributed by atoms with Crippen molar-refractivity contribution >= 4 is 0 Å². The summed E-state index contributed by atoms with van der Waals surface area (Å²) in [4.78, 5) is 4.06. The van der Waals surface area contributed by atoms with Crippen LogP contribution in [-0.4, -0.2) is 9.55 Å². The Hall–Kier alpha value is -4.04. The second kappa shape index (κ2) is 8.77. The SMILES string of the molecule is N#Cc1ccc(Cn2ccnc2)cc1Oc1cccc(OCc2ccccc2)c1. The van der Waals surface area contributed by atoms with Gasteiger partial charge < -0.3 is 14.0 Å². The second-order valence-corrected chi connectivity index (χ2v) is 6.53. The monoisotopic (exact) mass is 381 g/mol. The molecule has 0 radical (unpaired) electrons. The number of imidazole rings is 1. The van der Waals surface area contributed by atoms with Crippen LogP contribution < -0.4 is 9.47 Å². The van der Waals surface area contributed by atoms with Crippen molar-refractivity contribution in [1.29, 1.82) is 5.26 Å². The molecule has 0 saturated carbocycles. The molecule has 0 N–H and O–H groups in total. The van der Waals surface area contributed by atoms with Gasteiger partial charge in [0, 0.05) is 25.0 Å². The zero-order chi connectivity index (χ0) is 19.9. The molecule has 3 aromatic carbocycles. The Morgan fingerprint density at radius 3 is 2.55 bits per heavy atom. The van der Waals surface area contributed by atoms with Gasteiger partial charge >= 0.3 is 0 Å². The summed E-state index contributed by atoms with van der Waals surface area (Å²) >= 11 is 0. The van der Waals surface area contributed by atoms with Crippen molar-refractivity contribution < 1.29 is 9.47 Å². The lowest BCUT2D eigenvalue weighted by Gasteiger charge is -2.12. The Morgan fingerprint density at radius 1 is 0.897 bits per heavy atom. The summed E-state index contributed by atoms with van der Waals surface area (Å²) in [6.45, 7) is 1.14. The number of benzene rings is 3. The molecule has 1 heterocycles. The number of hydrogen-bond acceptors (Lipinski definition) is 4. The number of nitrogens with zero attached hydrogens (tertiary/aromatic N) is 3. The van der Waals surface area contributed by atoms with Crippen LogP contribution in [0.3, 0.4) is 0 Å². The van der Waals surface area contributed by atoms with Gasteiger partial charge in [0.2, 0.25) is 0 Å². The fourth-order valence-electron chi connectivity index (χ4n) is 2.93. The molecule has 0 amide bonds. The maximum absolute atomic E-state index is 9.44. The summed E-state index contributed by atoms with van der Waals surface area (Å²) in [5.41, 5.74) is 2.60. The van der Waals surface area contributed by atoms with Crippen LogP contribution in [0.4, 0.5) is 0 Å².